The molecule has 0 amide bonds. The Kier molecular flexibility index (Phi) is 6.44. The minimum atomic E-state index is 0. The molecule has 3 heterocycles. The molecule has 5 nitrogen and oxygen atoms in total. The molecule has 0 aromatic heterocycles. The van der Waals surface area contributed by atoms with Gasteiger partial charge in [0, 0.05) is 48.7 Å². The van der Waals surface area contributed by atoms with E-state index in [1.165, 1.54) is 38.5 Å². The Bertz CT molecular complexity index is 512. The van der Waals surface area contributed by atoms with E-state index < -0.39 is 0 Å². The highest BCUT2D eigenvalue weighted by Crippen LogP contribution is 2.52. The Balaban J connectivity index is 0.00000196. The molecule has 2 N–H and O–H groups in total. The first-order valence-corrected chi connectivity index (χ1v) is 10.4. The molecule has 4 fully saturated rings. The highest BCUT2D eigenvalue weighted by Gasteiger charge is 2.59. The van der Waals surface area contributed by atoms with Gasteiger partial charge in [-0.1, -0.05) is 20.3 Å². The molecule has 1 saturated carbocycles. The quantitative estimate of drug-likeness (QED) is 0.374. The molecule has 0 radical (unpaired) electrons. The summed E-state index contributed by atoms with van der Waals surface area (Å²) in [6.07, 6.45) is 8.23. The van der Waals surface area contributed by atoms with E-state index in [0.29, 0.717) is 24.1 Å². The third kappa shape index (κ3) is 3.62. The Morgan fingerprint density at radius 1 is 1.15 bits per heavy atom. The van der Waals surface area contributed by atoms with Crippen LogP contribution in [-0.4, -0.2) is 61.3 Å². The molecule has 0 spiro atoms. The molecule has 6 heteroatoms. The first-order valence-electron chi connectivity index (χ1n) is 10.4. The van der Waals surface area contributed by atoms with Gasteiger partial charge in [-0.2, -0.15) is 0 Å². The van der Waals surface area contributed by atoms with Crippen LogP contribution in [0, 0.1) is 11.3 Å². The van der Waals surface area contributed by atoms with Crippen LogP contribution in [0.15, 0.2) is 4.99 Å². The number of aliphatic imine (C=N–C) groups is 1. The summed E-state index contributed by atoms with van der Waals surface area (Å²) in [4.78, 5) is 7.40. The lowest BCUT2D eigenvalue weighted by Crippen LogP contribution is -2.68. The van der Waals surface area contributed by atoms with Crippen molar-refractivity contribution in [3.63, 3.8) is 0 Å². The zero-order valence-electron chi connectivity index (χ0n) is 16.8. The minimum absolute atomic E-state index is 0. The van der Waals surface area contributed by atoms with Gasteiger partial charge >= 0.3 is 0 Å². The summed E-state index contributed by atoms with van der Waals surface area (Å²) >= 11 is 0. The average Bonchev–Trinajstić information content (AvgIpc) is 3.00. The highest BCUT2D eigenvalue weighted by molar-refractivity contribution is 14.0. The van der Waals surface area contributed by atoms with Gasteiger partial charge in [0.25, 0.3) is 0 Å². The van der Waals surface area contributed by atoms with Crippen molar-refractivity contribution in [3.05, 3.63) is 0 Å². The fraction of sp³-hybridized carbons (Fsp3) is 0.950. The highest BCUT2D eigenvalue weighted by atomic mass is 127. The van der Waals surface area contributed by atoms with E-state index in [-0.39, 0.29) is 29.4 Å². The largest absolute Gasteiger partial charge is 0.377 e. The Morgan fingerprint density at radius 2 is 1.85 bits per heavy atom. The molecule has 1 aliphatic carbocycles. The number of nitrogens with zero attached hydrogens (tertiary/aromatic N) is 2. The number of nitrogens with one attached hydrogen (secondary N) is 2. The van der Waals surface area contributed by atoms with Crippen LogP contribution in [0.25, 0.3) is 0 Å². The standard InChI is InChI=1S/C20H36N4O.HI/c1-5-21-19(23-17-16-9-10-25-18(16)20(17,2)3)22-13-11-14-7-6-8-15(12-13)24(14)4;/h13-18H,5-12H2,1-4H3,(H2,21,22,23);1H. The van der Waals surface area contributed by atoms with Crippen molar-refractivity contribution in [1.29, 1.82) is 0 Å². The van der Waals surface area contributed by atoms with Crippen molar-refractivity contribution in [2.24, 2.45) is 16.3 Å². The minimum Gasteiger partial charge on any atom is -0.377 e. The lowest BCUT2D eigenvalue weighted by atomic mass is 9.57. The number of hydrogen-bond acceptors (Lipinski definition) is 3. The molecule has 3 aliphatic heterocycles. The van der Waals surface area contributed by atoms with Crippen LogP contribution in [0.3, 0.4) is 0 Å². The molecule has 2 bridgehead atoms. The third-order valence-electron chi connectivity index (χ3n) is 7.39. The zero-order valence-corrected chi connectivity index (χ0v) is 19.2. The van der Waals surface area contributed by atoms with E-state index in [1.807, 2.05) is 0 Å². The van der Waals surface area contributed by atoms with Crippen LogP contribution in [0.4, 0.5) is 0 Å². The average molecular weight is 476 g/mol. The van der Waals surface area contributed by atoms with Crippen LogP contribution in [-0.2, 0) is 4.74 Å². The molecule has 26 heavy (non-hydrogen) atoms. The van der Waals surface area contributed by atoms with Crippen molar-refractivity contribution >= 4 is 29.9 Å². The Labute approximate surface area is 176 Å². The smallest absolute Gasteiger partial charge is 0.191 e. The number of hydrogen-bond donors (Lipinski definition) is 2. The number of halogens is 1. The Hall–Kier alpha value is -0.0800. The molecule has 5 atom stereocenters. The summed E-state index contributed by atoms with van der Waals surface area (Å²) in [7, 11) is 2.32. The zero-order chi connectivity index (χ0) is 17.6. The second-order valence-electron chi connectivity index (χ2n) is 9.23. The van der Waals surface area contributed by atoms with Gasteiger partial charge in [0.1, 0.15) is 0 Å². The summed E-state index contributed by atoms with van der Waals surface area (Å²) in [5, 5.41) is 7.58. The molecule has 3 saturated heterocycles. The molecule has 150 valence electrons. The first kappa shape index (κ1) is 20.6. The summed E-state index contributed by atoms with van der Waals surface area (Å²) in [6, 6.07) is 2.54. The predicted octanol–water partition coefficient (Wildman–Crippen LogP) is 2.99. The summed E-state index contributed by atoms with van der Waals surface area (Å²) in [5.41, 5.74) is 0.195. The van der Waals surface area contributed by atoms with Crippen molar-refractivity contribution in [3.8, 4) is 0 Å². The molecular formula is C20H37IN4O. The van der Waals surface area contributed by atoms with Crippen LogP contribution in [0.5, 0.6) is 0 Å². The van der Waals surface area contributed by atoms with E-state index in [2.05, 4.69) is 43.4 Å². The van der Waals surface area contributed by atoms with Crippen molar-refractivity contribution < 1.29 is 4.74 Å². The van der Waals surface area contributed by atoms with Crippen LogP contribution < -0.4 is 10.6 Å². The van der Waals surface area contributed by atoms with Crippen LogP contribution >= 0.6 is 24.0 Å². The number of piperidine rings is 2. The SMILES string of the molecule is CCN=C(NC1CC2CCCC(C1)N2C)NC1C2CCOC2C1(C)C.I. The van der Waals surface area contributed by atoms with Gasteiger partial charge in [0.05, 0.1) is 6.10 Å². The maximum absolute atomic E-state index is 5.95. The second-order valence-corrected chi connectivity index (χ2v) is 9.23. The van der Waals surface area contributed by atoms with Crippen molar-refractivity contribution in [1.82, 2.24) is 15.5 Å². The van der Waals surface area contributed by atoms with Gasteiger partial charge in [0.15, 0.2) is 5.96 Å². The van der Waals surface area contributed by atoms with E-state index >= 15 is 0 Å². The molecule has 4 aliphatic rings. The first-order chi connectivity index (χ1) is 12.0. The van der Waals surface area contributed by atoms with Gasteiger partial charge in [0.2, 0.25) is 0 Å². The summed E-state index contributed by atoms with van der Waals surface area (Å²) in [5.74, 6) is 1.68. The lowest BCUT2D eigenvalue weighted by molar-refractivity contribution is -0.107. The van der Waals surface area contributed by atoms with E-state index in [0.717, 1.165) is 31.2 Å². The molecular weight excluding hydrogens is 439 g/mol. The van der Waals surface area contributed by atoms with Gasteiger partial charge in [-0.3, -0.25) is 4.99 Å². The monoisotopic (exact) mass is 476 g/mol. The molecule has 0 aromatic carbocycles. The van der Waals surface area contributed by atoms with Crippen molar-refractivity contribution in [2.45, 2.75) is 89.6 Å². The maximum Gasteiger partial charge on any atom is 0.191 e. The van der Waals surface area contributed by atoms with Crippen molar-refractivity contribution in [2.75, 3.05) is 20.2 Å². The predicted molar refractivity (Wildman–Crippen MR) is 117 cm³/mol. The van der Waals surface area contributed by atoms with Gasteiger partial charge in [-0.05, 0) is 46.1 Å². The lowest BCUT2D eigenvalue weighted by Gasteiger charge is -2.55. The molecule has 0 aromatic rings. The number of fused-ring (bicyclic) bond motifs is 3. The third-order valence-corrected chi connectivity index (χ3v) is 7.39. The summed E-state index contributed by atoms with van der Waals surface area (Å²) in [6.45, 7) is 8.54. The second kappa shape index (κ2) is 8.11. The number of guanidine groups is 1. The van der Waals surface area contributed by atoms with E-state index in [1.54, 1.807) is 0 Å². The topological polar surface area (TPSA) is 48.9 Å². The Morgan fingerprint density at radius 3 is 2.50 bits per heavy atom. The van der Waals surface area contributed by atoms with Crippen LogP contribution in [0.2, 0.25) is 0 Å². The number of rotatable bonds is 3. The van der Waals surface area contributed by atoms with Gasteiger partial charge in [-0.15, -0.1) is 24.0 Å². The summed E-state index contributed by atoms with van der Waals surface area (Å²) < 4.78 is 5.95. The fourth-order valence-corrected chi connectivity index (χ4v) is 5.98. The maximum atomic E-state index is 5.95. The van der Waals surface area contributed by atoms with Gasteiger partial charge < -0.3 is 20.3 Å². The molecule has 5 unspecified atom stereocenters. The van der Waals surface area contributed by atoms with Crippen LogP contribution in [0.1, 0.15) is 59.3 Å². The molecule has 4 rings (SSSR count). The van der Waals surface area contributed by atoms with E-state index in [9.17, 15) is 0 Å². The van der Waals surface area contributed by atoms with E-state index in [4.69, 9.17) is 9.73 Å². The fourth-order valence-electron chi connectivity index (χ4n) is 5.98. The van der Waals surface area contributed by atoms with Gasteiger partial charge in [-0.25, -0.2) is 0 Å². The normalized spacial score (nSPS) is 41.6. The number of ether oxygens (including phenoxy) is 1.